The summed E-state index contributed by atoms with van der Waals surface area (Å²) in [6.07, 6.45) is 3.90. The van der Waals surface area contributed by atoms with Gasteiger partial charge in [-0.2, -0.15) is 0 Å². The van der Waals surface area contributed by atoms with Crippen molar-refractivity contribution in [3.05, 3.63) is 35.3 Å². The average Bonchev–Trinajstić information content (AvgIpc) is 2.27. The topological polar surface area (TPSA) is 63.1 Å². The molecule has 4 heteroatoms. The smallest absolute Gasteiger partial charge is 0.336 e. The van der Waals surface area contributed by atoms with Crippen molar-refractivity contribution in [1.29, 1.82) is 0 Å². The summed E-state index contributed by atoms with van der Waals surface area (Å²) in [7, 11) is 0. The van der Waals surface area contributed by atoms with Crippen LogP contribution in [0.3, 0.4) is 0 Å². The number of pyridine rings is 2. The standard InChI is InChI=1S/C12H12N2O2/c1-3-9-7(2)11(12(15)16)8-6-13-5-4-10(8)14-9/h4-6H,3H2,1-2H3,(H,15,16). The number of fused-ring (bicyclic) bond motifs is 1. The molecule has 0 aliphatic heterocycles. The summed E-state index contributed by atoms with van der Waals surface area (Å²) in [5, 5.41) is 9.83. The SMILES string of the molecule is CCc1nc2ccncc2c(C(=O)O)c1C. The number of aromatic nitrogens is 2. The maximum absolute atomic E-state index is 11.2. The summed E-state index contributed by atoms with van der Waals surface area (Å²) in [6.45, 7) is 3.76. The number of nitrogens with zero attached hydrogens (tertiary/aromatic N) is 2. The van der Waals surface area contributed by atoms with Gasteiger partial charge in [0.15, 0.2) is 0 Å². The maximum Gasteiger partial charge on any atom is 0.336 e. The van der Waals surface area contributed by atoms with Gasteiger partial charge >= 0.3 is 5.97 Å². The van der Waals surface area contributed by atoms with E-state index in [1.807, 2.05) is 6.92 Å². The van der Waals surface area contributed by atoms with Crippen LogP contribution in [-0.2, 0) is 6.42 Å². The van der Waals surface area contributed by atoms with Gasteiger partial charge in [-0.05, 0) is 25.0 Å². The van der Waals surface area contributed by atoms with Gasteiger partial charge in [0.05, 0.1) is 11.1 Å². The molecule has 2 aromatic heterocycles. The Morgan fingerprint density at radius 1 is 1.50 bits per heavy atom. The Hall–Kier alpha value is -1.97. The molecule has 0 saturated carbocycles. The van der Waals surface area contributed by atoms with Crippen molar-refractivity contribution in [1.82, 2.24) is 9.97 Å². The van der Waals surface area contributed by atoms with E-state index in [1.165, 1.54) is 0 Å². The number of aryl methyl sites for hydroxylation is 1. The van der Waals surface area contributed by atoms with E-state index in [9.17, 15) is 9.90 Å². The van der Waals surface area contributed by atoms with Gasteiger partial charge in [-0.1, -0.05) is 6.92 Å². The minimum atomic E-state index is -0.924. The van der Waals surface area contributed by atoms with Gasteiger partial charge in [-0.15, -0.1) is 0 Å². The lowest BCUT2D eigenvalue weighted by molar-refractivity contribution is 0.0698. The zero-order valence-electron chi connectivity index (χ0n) is 9.19. The third-order valence-electron chi connectivity index (χ3n) is 2.68. The van der Waals surface area contributed by atoms with Crippen LogP contribution in [0.25, 0.3) is 10.9 Å². The molecule has 82 valence electrons. The van der Waals surface area contributed by atoms with Crippen molar-refractivity contribution in [2.45, 2.75) is 20.3 Å². The number of aromatic carboxylic acids is 1. The molecule has 0 fully saturated rings. The molecule has 0 atom stereocenters. The summed E-state index contributed by atoms with van der Waals surface area (Å²) in [4.78, 5) is 19.6. The summed E-state index contributed by atoms with van der Waals surface area (Å²) < 4.78 is 0. The van der Waals surface area contributed by atoms with E-state index in [0.29, 0.717) is 16.5 Å². The molecule has 16 heavy (non-hydrogen) atoms. The lowest BCUT2D eigenvalue weighted by atomic mass is 10.0. The highest BCUT2D eigenvalue weighted by Crippen LogP contribution is 2.22. The quantitative estimate of drug-likeness (QED) is 0.835. The highest BCUT2D eigenvalue weighted by Gasteiger charge is 2.16. The van der Waals surface area contributed by atoms with Crippen LogP contribution in [-0.4, -0.2) is 21.0 Å². The number of carbonyl (C=O) groups is 1. The van der Waals surface area contributed by atoms with Crippen molar-refractivity contribution in [2.75, 3.05) is 0 Å². The predicted molar refractivity (Wildman–Crippen MR) is 60.6 cm³/mol. The summed E-state index contributed by atoms with van der Waals surface area (Å²) in [5.74, 6) is -0.924. The van der Waals surface area contributed by atoms with Crippen molar-refractivity contribution >= 4 is 16.9 Å². The highest BCUT2D eigenvalue weighted by atomic mass is 16.4. The first-order valence-corrected chi connectivity index (χ1v) is 5.11. The lowest BCUT2D eigenvalue weighted by Crippen LogP contribution is -2.06. The minimum Gasteiger partial charge on any atom is -0.478 e. The summed E-state index contributed by atoms with van der Waals surface area (Å²) >= 11 is 0. The summed E-state index contributed by atoms with van der Waals surface area (Å²) in [5.41, 5.74) is 2.57. The molecule has 0 unspecified atom stereocenters. The molecule has 0 aliphatic carbocycles. The van der Waals surface area contributed by atoms with Gasteiger partial charge in [0.1, 0.15) is 0 Å². The monoisotopic (exact) mass is 216 g/mol. The van der Waals surface area contributed by atoms with Crippen molar-refractivity contribution < 1.29 is 9.90 Å². The van der Waals surface area contributed by atoms with E-state index < -0.39 is 5.97 Å². The molecule has 2 aromatic rings. The van der Waals surface area contributed by atoms with Gasteiger partial charge in [0.2, 0.25) is 0 Å². The Kier molecular flexibility index (Phi) is 2.56. The highest BCUT2D eigenvalue weighted by molar-refractivity contribution is 6.03. The third kappa shape index (κ3) is 1.52. The fourth-order valence-corrected chi connectivity index (χ4v) is 1.87. The second-order valence-electron chi connectivity index (χ2n) is 3.61. The molecule has 0 aliphatic rings. The fraction of sp³-hybridized carbons (Fsp3) is 0.250. The van der Waals surface area contributed by atoms with Gasteiger partial charge in [-0.3, -0.25) is 9.97 Å². The molecular formula is C12H12N2O2. The number of carboxylic acid groups (broad SMARTS) is 1. The van der Waals surface area contributed by atoms with Crippen molar-refractivity contribution in [3.63, 3.8) is 0 Å². The second-order valence-corrected chi connectivity index (χ2v) is 3.61. The molecule has 0 radical (unpaired) electrons. The molecule has 0 spiro atoms. The van der Waals surface area contributed by atoms with E-state index in [1.54, 1.807) is 25.4 Å². The van der Waals surface area contributed by atoms with E-state index in [0.717, 1.165) is 17.7 Å². The fourth-order valence-electron chi connectivity index (χ4n) is 1.87. The zero-order chi connectivity index (χ0) is 11.7. The lowest BCUT2D eigenvalue weighted by Gasteiger charge is -2.09. The van der Waals surface area contributed by atoms with Crippen LogP contribution in [0.4, 0.5) is 0 Å². The Balaban J connectivity index is 2.91. The van der Waals surface area contributed by atoms with E-state index in [-0.39, 0.29) is 0 Å². The molecule has 2 rings (SSSR count). The van der Waals surface area contributed by atoms with Crippen molar-refractivity contribution in [2.24, 2.45) is 0 Å². The number of hydrogen-bond acceptors (Lipinski definition) is 3. The van der Waals surface area contributed by atoms with Crippen LogP contribution in [0.5, 0.6) is 0 Å². The summed E-state index contributed by atoms with van der Waals surface area (Å²) in [6, 6.07) is 1.74. The minimum absolute atomic E-state index is 0.315. The third-order valence-corrected chi connectivity index (χ3v) is 2.68. The van der Waals surface area contributed by atoms with Crippen LogP contribution >= 0.6 is 0 Å². The number of carboxylic acids is 1. The van der Waals surface area contributed by atoms with Crippen LogP contribution in [0.2, 0.25) is 0 Å². The molecule has 0 amide bonds. The molecule has 0 saturated heterocycles. The first-order chi connectivity index (χ1) is 7.65. The number of rotatable bonds is 2. The van der Waals surface area contributed by atoms with E-state index in [2.05, 4.69) is 9.97 Å². The van der Waals surface area contributed by atoms with Crippen molar-refractivity contribution in [3.8, 4) is 0 Å². The average molecular weight is 216 g/mol. The first-order valence-electron chi connectivity index (χ1n) is 5.11. The predicted octanol–water partition coefficient (Wildman–Crippen LogP) is 2.20. The van der Waals surface area contributed by atoms with Crippen LogP contribution in [0.15, 0.2) is 18.5 Å². The Labute approximate surface area is 93.0 Å². The zero-order valence-corrected chi connectivity index (χ0v) is 9.19. The first kappa shape index (κ1) is 10.5. The van der Waals surface area contributed by atoms with E-state index >= 15 is 0 Å². The normalized spacial score (nSPS) is 10.6. The van der Waals surface area contributed by atoms with Gasteiger partial charge in [0.25, 0.3) is 0 Å². The Morgan fingerprint density at radius 3 is 2.88 bits per heavy atom. The van der Waals surface area contributed by atoms with Gasteiger partial charge in [-0.25, -0.2) is 4.79 Å². The second kappa shape index (κ2) is 3.89. The van der Waals surface area contributed by atoms with Crippen LogP contribution < -0.4 is 0 Å². The molecule has 0 aromatic carbocycles. The van der Waals surface area contributed by atoms with E-state index in [4.69, 9.17) is 0 Å². The molecule has 0 bridgehead atoms. The van der Waals surface area contributed by atoms with Gasteiger partial charge < -0.3 is 5.11 Å². The Bertz CT molecular complexity index is 564. The maximum atomic E-state index is 11.2. The number of hydrogen-bond donors (Lipinski definition) is 1. The molecular weight excluding hydrogens is 204 g/mol. The van der Waals surface area contributed by atoms with Crippen LogP contribution in [0, 0.1) is 6.92 Å². The molecule has 2 heterocycles. The van der Waals surface area contributed by atoms with Gasteiger partial charge in [0, 0.05) is 23.5 Å². The van der Waals surface area contributed by atoms with Crippen LogP contribution in [0.1, 0.15) is 28.5 Å². The molecule has 4 nitrogen and oxygen atoms in total. The molecule has 1 N–H and O–H groups in total. The Morgan fingerprint density at radius 2 is 2.25 bits per heavy atom. The largest absolute Gasteiger partial charge is 0.478 e.